The molecular formula is C15H20O4S2. The summed E-state index contributed by atoms with van der Waals surface area (Å²) in [5.74, 6) is -1.64. The molecule has 0 bridgehead atoms. The molecule has 0 aliphatic carbocycles. The smallest absolute Gasteiger partial charge is 0.303 e. The zero-order valence-electron chi connectivity index (χ0n) is 11.6. The van der Waals surface area contributed by atoms with E-state index >= 15 is 0 Å². The van der Waals surface area contributed by atoms with Gasteiger partial charge in [-0.15, -0.1) is 0 Å². The Kier molecular flexibility index (Phi) is 5.36. The minimum absolute atomic E-state index is 0.0840. The number of hydrogen-bond acceptors (Lipinski definition) is 2. The predicted molar refractivity (Wildman–Crippen MR) is 91.0 cm³/mol. The Labute approximate surface area is 129 Å². The number of hydrogen-bond donors (Lipinski definition) is 4. The largest absolute Gasteiger partial charge is 0.481 e. The molecule has 2 heterocycles. The number of carboxylic acids is 2. The van der Waals surface area contributed by atoms with Crippen molar-refractivity contribution in [1.29, 1.82) is 0 Å². The van der Waals surface area contributed by atoms with Crippen LogP contribution in [0.25, 0.3) is 0 Å². The average Bonchev–Trinajstić information content (AvgIpc) is 3.12. The van der Waals surface area contributed by atoms with Gasteiger partial charge in [-0.25, -0.2) is 0 Å². The molecule has 0 fully saturated rings. The van der Waals surface area contributed by atoms with Crippen LogP contribution in [-0.2, 0) is 9.59 Å². The summed E-state index contributed by atoms with van der Waals surface area (Å²) in [6.07, 6.45) is 9.16. The van der Waals surface area contributed by atoms with E-state index in [1.54, 1.807) is 0 Å². The molecule has 2 rings (SSSR count). The van der Waals surface area contributed by atoms with Gasteiger partial charge >= 0.3 is 11.9 Å². The van der Waals surface area contributed by atoms with Gasteiger partial charge in [-0.05, 0) is 34.5 Å². The van der Waals surface area contributed by atoms with Crippen LogP contribution in [0.4, 0.5) is 0 Å². The molecule has 6 heteroatoms. The van der Waals surface area contributed by atoms with E-state index in [2.05, 4.69) is 21.6 Å². The first-order valence-corrected chi connectivity index (χ1v) is 9.71. The summed E-state index contributed by atoms with van der Waals surface area (Å²) < 4.78 is -0.256. The molecule has 0 amide bonds. The highest BCUT2D eigenvalue weighted by Gasteiger charge is 2.39. The van der Waals surface area contributed by atoms with E-state index < -0.39 is 33.7 Å². The summed E-state index contributed by atoms with van der Waals surface area (Å²) in [5, 5.41) is 26.6. The molecule has 2 N–H and O–H groups in total. The van der Waals surface area contributed by atoms with Crippen molar-refractivity contribution in [3.8, 4) is 0 Å². The van der Waals surface area contributed by atoms with Gasteiger partial charge in [-0.3, -0.25) is 9.59 Å². The van der Waals surface area contributed by atoms with E-state index in [9.17, 15) is 9.59 Å². The topological polar surface area (TPSA) is 74.6 Å². The van der Waals surface area contributed by atoms with Gasteiger partial charge in [0.25, 0.3) is 0 Å². The van der Waals surface area contributed by atoms with Gasteiger partial charge in [0.15, 0.2) is 0 Å². The van der Waals surface area contributed by atoms with E-state index in [4.69, 9.17) is 10.2 Å². The van der Waals surface area contributed by atoms with E-state index in [1.807, 2.05) is 24.3 Å². The van der Waals surface area contributed by atoms with Gasteiger partial charge in [0.1, 0.15) is 0 Å². The molecule has 0 aromatic rings. The number of rotatable bonds is 8. The Balaban J connectivity index is 2.30. The normalized spacial score (nSPS) is 19.6. The fraction of sp³-hybridized carbons (Fsp3) is 0.333. The maximum Gasteiger partial charge on any atom is 0.303 e. The van der Waals surface area contributed by atoms with E-state index in [1.165, 1.54) is 0 Å². The molecule has 2 aliphatic heterocycles. The molecule has 0 saturated heterocycles. The number of thiol groups is 2. The van der Waals surface area contributed by atoms with Gasteiger partial charge in [0.2, 0.25) is 0 Å². The highest BCUT2D eigenvalue weighted by molar-refractivity contribution is 8.39. The maximum atomic E-state index is 11.0. The van der Waals surface area contributed by atoms with Crippen LogP contribution in [0.2, 0.25) is 0 Å². The van der Waals surface area contributed by atoms with E-state index in [0.29, 0.717) is 12.8 Å². The molecule has 0 unspecified atom stereocenters. The van der Waals surface area contributed by atoms with Crippen molar-refractivity contribution in [2.75, 3.05) is 0 Å². The SMILES string of the molecule is O=C(O)CCC(CCC(=O)O)([SH]1C=CC=C1)[SH]1C=CC=C1. The van der Waals surface area contributed by atoms with Gasteiger partial charge in [0, 0.05) is 16.9 Å². The number of allylic oxidation sites excluding steroid dienone is 4. The Hall–Kier alpha value is -1.40. The molecule has 0 saturated carbocycles. The maximum absolute atomic E-state index is 11.0. The van der Waals surface area contributed by atoms with Crippen molar-refractivity contribution < 1.29 is 19.8 Å². The van der Waals surface area contributed by atoms with Crippen molar-refractivity contribution in [3.05, 3.63) is 45.9 Å². The van der Waals surface area contributed by atoms with E-state index in [0.717, 1.165) is 0 Å². The standard InChI is InChI=1S/C15H20O4S2/c16-13(17)5-7-15(8-6-14(18)19,20-9-1-2-10-20)21-11-3-4-12-21/h1-4,9-12,20-21H,5-8H2,(H,16,17)(H,18,19). The van der Waals surface area contributed by atoms with Gasteiger partial charge in [0.05, 0.1) is 0 Å². The summed E-state index contributed by atoms with van der Waals surface area (Å²) in [4.78, 5) is 22.1. The summed E-state index contributed by atoms with van der Waals surface area (Å²) in [6, 6.07) is 0. The molecule has 116 valence electrons. The molecule has 4 nitrogen and oxygen atoms in total. The van der Waals surface area contributed by atoms with E-state index in [-0.39, 0.29) is 16.9 Å². The number of carbonyl (C=O) groups is 2. The van der Waals surface area contributed by atoms with Crippen LogP contribution in [0.1, 0.15) is 25.7 Å². The molecule has 2 aliphatic rings. The minimum Gasteiger partial charge on any atom is -0.481 e. The molecular weight excluding hydrogens is 308 g/mol. The molecule has 21 heavy (non-hydrogen) atoms. The first-order chi connectivity index (χ1) is 10.0. The zero-order valence-corrected chi connectivity index (χ0v) is 13.3. The van der Waals surface area contributed by atoms with Crippen molar-refractivity contribution in [1.82, 2.24) is 0 Å². The van der Waals surface area contributed by atoms with Crippen LogP contribution < -0.4 is 0 Å². The lowest BCUT2D eigenvalue weighted by Gasteiger charge is -2.45. The fourth-order valence-electron chi connectivity index (χ4n) is 2.61. The third-order valence-corrected chi connectivity index (χ3v) is 9.82. The van der Waals surface area contributed by atoms with Crippen LogP contribution in [0.3, 0.4) is 0 Å². The quantitative estimate of drug-likeness (QED) is 0.515. The third-order valence-electron chi connectivity index (χ3n) is 3.65. The van der Waals surface area contributed by atoms with Crippen LogP contribution in [0, 0.1) is 0 Å². The summed E-state index contributed by atoms with van der Waals surface area (Å²) in [7, 11) is -1.25. The van der Waals surface area contributed by atoms with Crippen LogP contribution in [0.15, 0.2) is 45.9 Å². The second-order valence-corrected chi connectivity index (χ2v) is 9.84. The average molecular weight is 328 g/mol. The molecule has 0 spiro atoms. The second kappa shape index (κ2) is 7.04. The second-order valence-electron chi connectivity index (χ2n) is 4.95. The highest BCUT2D eigenvalue weighted by Crippen LogP contribution is 2.66. The Morgan fingerprint density at radius 1 is 0.762 bits per heavy atom. The molecule has 0 aromatic heterocycles. The lowest BCUT2D eigenvalue weighted by molar-refractivity contribution is -0.137. The molecule has 0 radical (unpaired) electrons. The zero-order chi connectivity index (χ0) is 15.3. The monoisotopic (exact) mass is 328 g/mol. The molecule has 0 aromatic carbocycles. The van der Waals surface area contributed by atoms with Crippen molar-refractivity contribution in [2.45, 2.75) is 29.8 Å². The predicted octanol–water partition coefficient (Wildman–Crippen LogP) is 3.50. The Morgan fingerprint density at radius 3 is 1.38 bits per heavy atom. The highest BCUT2D eigenvalue weighted by atomic mass is 32.3. The number of aliphatic carboxylic acids is 2. The molecule has 0 atom stereocenters. The van der Waals surface area contributed by atoms with Crippen LogP contribution in [-0.4, -0.2) is 26.2 Å². The first-order valence-electron chi connectivity index (χ1n) is 6.75. The summed E-state index contributed by atoms with van der Waals surface area (Å²) >= 11 is 0. The van der Waals surface area contributed by atoms with Gasteiger partial charge < -0.3 is 10.2 Å². The third kappa shape index (κ3) is 3.83. The summed E-state index contributed by atoms with van der Waals surface area (Å²) in [5.41, 5.74) is 0. The van der Waals surface area contributed by atoms with Crippen molar-refractivity contribution in [3.63, 3.8) is 0 Å². The lowest BCUT2D eigenvalue weighted by Crippen LogP contribution is -2.28. The summed E-state index contributed by atoms with van der Waals surface area (Å²) in [6.45, 7) is 0. The number of carboxylic acid groups (broad SMARTS) is 2. The fourth-order valence-corrected chi connectivity index (χ4v) is 8.41. The Morgan fingerprint density at radius 2 is 1.10 bits per heavy atom. The van der Waals surface area contributed by atoms with Crippen LogP contribution >= 0.6 is 21.8 Å². The van der Waals surface area contributed by atoms with Gasteiger partial charge in [-0.2, -0.15) is 21.8 Å². The van der Waals surface area contributed by atoms with Gasteiger partial charge in [-0.1, -0.05) is 24.3 Å². The lowest BCUT2D eigenvalue weighted by atomic mass is 10.1. The van der Waals surface area contributed by atoms with Crippen molar-refractivity contribution in [2.24, 2.45) is 0 Å². The van der Waals surface area contributed by atoms with Crippen LogP contribution in [0.5, 0.6) is 0 Å². The van der Waals surface area contributed by atoms with Crippen molar-refractivity contribution >= 4 is 33.7 Å². The Bertz CT molecular complexity index is 462. The minimum atomic E-state index is -0.820. The first kappa shape index (κ1) is 16.0.